The molecule has 32 heavy (non-hydrogen) atoms. The average Bonchev–Trinajstić information content (AvgIpc) is 3.60. The maximum Gasteiger partial charge on any atom is 0.138 e. The summed E-state index contributed by atoms with van der Waals surface area (Å²) in [5.74, 6) is 0.814. The highest BCUT2D eigenvalue weighted by Gasteiger charge is 2.16. The molecule has 0 unspecified atom stereocenters. The van der Waals surface area contributed by atoms with E-state index in [-0.39, 0.29) is 0 Å². The molecule has 6 nitrogen and oxygen atoms in total. The average molecular weight is 425 g/mol. The molecular weight excluding hydrogens is 400 g/mol. The Kier molecular flexibility index (Phi) is 4.75. The number of ether oxygens (including phenoxy) is 1. The van der Waals surface area contributed by atoms with Crippen LogP contribution >= 0.6 is 0 Å². The van der Waals surface area contributed by atoms with Crippen LogP contribution in [0.3, 0.4) is 0 Å². The molecule has 1 aliphatic carbocycles. The van der Waals surface area contributed by atoms with E-state index < -0.39 is 0 Å². The Hall–Kier alpha value is -3.80. The van der Waals surface area contributed by atoms with Gasteiger partial charge in [0.25, 0.3) is 0 Å². The summed E-state index contributed by atoms with van der Waals surface area (Å²) in [6.07, 6.45) is 13.4. The van der Waals surface area contributed by atoms with E-state index in [1.807, 2.05) is 30.5 Å². The molecule has 0 aliphatic heterocycles. The SMILES string of the molecule is c1cc(-c2ccoc2)c2cc(-c3cc(-c4cncc(OC5CCCCC5)c4)n[nH]3)[nH]c2c1. The highest BCUT2D eigenvalue weighted by molar-refractivity contribution is 5.97. The molecule has 2 N–H and O–H groups in total. The highest BCUT2D eigenvalue weighted by Crippen LogP contribution is 2.33. The minimum absolute atomic E-state index is 0.298. The zero-order chi connectivity index (χ0) is 21.3. The van der Waals surface area contributed by atoms with Crippen LogP contribution in [0.15, 0.2) is 71.8 Å². The maximum absolute atomic E-state index is 6.18. The molecule has 6 heteroatoms. The van der Waals surface area contributed by atoms with E-state index in [0.29, 0.717) is 6.10 Å². The van der Waals surface area contributed by atoms with Crippen LogP contribution in [0.1, 0.15) is 32.1 Å². The van der Waals surface area contributed by atoms with Gasteiger partial charge in [-0.15, -0.1) is 0 Å². The molecule has 1 aromatic carbocycles. The fraction of sp³-hybridized carbons (Fsp3) is 0.231. The second kappa shape index (κ2) is 8.04. The summed E-state index contributed by atoms with van der Waals surface area (Å²) >= 11 is 0. The number of benzene rings is 1. The first-order valence-corrected chi connectivity index (χ1v) is 11.2. The smallest absolute Gasteiger partial charge is 0.138 e. The van der Waals surface area contributed by atoms with Crippen molar-refractivity contribution in [2.24, 2.45) is 0 Å². The lowest BCUT2D eigenvalue weighted by molar-refractivity contribution is 0.154. The second-order valence-electron chi connectivity index (χ2n) is 8.42. The van der Waals surface area contributed by atoms with E-state index in [0.717, 1.165) is 63.3 Å². The number of nitrogens with zero attached hydrogens (tertiary/aromatic N) is 2. The van der Waals surface area contributed by atoms with Gasteiger partial charge < -0.3 is 14.1 Å². The third-order valence-corrected chi connectivity index (χ3v) is 6.23. The molecular formula is C26H24N4O2. The number of pyridine rings is 1. The van der Waals surface area contributed by atoms with Crippen molar-refractivity contribution >= 4 is 10.9 Å². The van der Waals surface area contributed by atoms with Crippen molar-refractivity contribution in [1.29, 1.82) is 0 Å². The van der Waals surface area contributed by atoms with Crippen LogP contribution in [0.5, 0.6) is 5.75 Å². The zero-order valence-corrected chi connectivity index (χ0v) is 17.7. The molecule has 1 fully saturated rings. The van der Waals surface area contributed by atoms with E-state index in [1.165, 1.54) is 19.3 Å². The lowest BCUT2D eigenvalue weighted by Gasteiger charge is -2.22. The predicted octanol–water partition coefficient (Wildman–Crippen LogP) is 6.59. The number of hydrogen-bond acceptors (Lipinski definition) is 4. The number of fused-ring (bicyclic) bond motifs is 1. The van der Waals surface area contributed by atoms with Crippen LogP contribution in [0.25, 0.3) is 44.7 Å². The highest BCUT2D eigenvalue weighted by atomic mass is 16.5. The van der Waals surface area contributed by atoms with Gasteiger partial charge in [0, 0.05) is 28.2 Å². The number of H-pyrrole nitrogens is 2. The van der Waals surface area contributed by atoms with Crippen molar-refractivity contribution in [3.05, 3.63) is 67.4 Å². The van der Waals surface area contributed by atoms with Gasteiger partial charge >= 0.3 is 0 Å². The normalized spacial score (nSPS) is 14.8. The maximum atomic E-state index is 6.18. The molecule has 0 bridgehead atoms. The Morgan fingerprint density at radius 2 is 1.88 bits per heavy atom. The second-order valence-corrected chi connectivity index (χ2v) is 8.42. The summed E-state index contributed by atoms with van der Waals surface area (Å²) in [6.45, 7) is 0. The Morgan fingerprint density at radius 3 is 2.75 bits per heavy atom. The molecule has 0 saturated heterocycles. The minimum atomic E-state index is 0.298. The van der Waals surface area contributed by atoms with Gasteiger partial charge in [-0.2, -0.15) is 5.10 Å². The van der Waals surface area contributed by atoms with Gasteiger partial charge in [0.1, 0.15) is 5.75 Å². The Labute approximate surface area is 185 Å². The molecule has 0 radical (unpaired) electrons. The summed E-state index contributed by atoms with van der Waals surface area (Å²) in [5.41, 5.74) is 6.96. The lowest BCUT2D eigenvalue weighted by atomic mass is 9.98. The van der Waals surface area contributed by atoms with Gasteiger partial charge in [0.2, 0.25) is 0 Å². The number of rotatable bonds is 5. The summed E-state index contributed by atoms with van der Waals surface area (Å²) in [5, 5.41) is 8.85. The number of aromatic amines is 2. The standard InChI is InChI=1S/C26H24N4O2/c1-2-5-19(6-3-1)32-20-11-18(14-27-15-20)24-13-26(30-29-24)25-12-22-21(17-9-10-31-16-17)7-4-8-23(22)28-25/h4,7-16,19,28H,1-3,5-6H2,(H,29,30). The fourth-order valence-electron chi connectivity index (χ4n) is 4.58. The topological polar surface area (TPSA) is 79.7 Å². The quantitative estimate of drug-likeness (QED) is 0.333. The molecule has 5 aromatic rings. The largest absolute Gasteiger partial charge is 0.489 e. The van der Waals surface area contributed by atoms with Crippen LogP contribution in [0.4, 0.5) is 0 Å². The first-order chi connectivity index (χ1) is 15.8. The van der Waals surface area contributed by atoms with E-state index in [4.69, 9.17) is 9.15 Å². The number of nitrogens with one attached hydrogen (secondary N) is 2. The van der Waals surface area contributed by atoms with E-state index in [1.54, 1.807) is 18.7 Å². The summed E-state index contributed by atoms with van der Waals surface area (Å²) < 4.78 is 11.5. The minimum Gasteiger partial charge on any atom is -0.489 e. The number of furan rings is 1. The third-order valence-electron chi connectivity index (χ3n) is 6.23. The summed E-state index contributed by atoms with van der Waals surface area (Å²) in [7, 11) is 0. The number of aromatic nitrogens is 4. The van der Waals surface area contributed by atoms with Gasteiger partial charge in [-0.05, 0) is 61.6 Å². The monoisotopic (exact) mass is 424 g/mol. The molecule has 1 aliphatic rings. The van der Waals surface area contributed by atoms with Gasteiger partial charge in [-0.1, -0.05) is 18.6 Å². The molecule has 160 valence electrons. The molecule has 1 saturated carbocycles. The van der Waals surface area contributed by atoms with Crippen molar-refractivity contribution < 1.29 is 9.15 Å². The van der Waals surface area contributed by atoms with E-state index in [9.17, 15) is 0 Å². The summed E-state index contributed by atoms with van der Waals surface area (Å²) in [4.78, 5) is 7.89. The van der Waals surface area contributed by atoms with Crippen LogP contribution in [0, 0.1) is 0 Å². The number of hydrogen-bond donors (Lipinski definition) is 2. The molecule has 0 amide bonds. The van der Waals surface area contributed by atoms with Crippen molar-refractivity contribution in [2.75, 3.05) is 0 Å². The first-order valence-electron chi connectivity index (χ1n) is 11.2. The van der Waals surface area contributed by atoms with Crippen LogP contribution in [-0.4, -0.2) is 26.3 Å². The molecule has 0 spiro atoms. The summed E-state index contributed by atoms with van der Waals surface area (Å²) in [6, 6.07) is 14.4. The van der Waals surface area contributed by atoms with Crippen LogP contribution in [-0.2, 0) is 0 Å². The van der Waals surface area contributed by atoms with Crippen molar-refractivity contribution in [3.8, 4) is 39.5 Å². The van der Waals surface area contributed by atoms with Gasteiger partial charge in [0.05, 0.1) is 41.9 Å². The van der Waals surface area contributed by atoms with Gasteiger partial charge in [-0.25, -0.2) is 0 Å². The third kappa shape index (κ3) is 3.58. The van der Waals surface area contributed by atoms with E-state index >= 15 is 0 Å². The predicted molar refractivity (Wildman–Crippen MR) is 124 cm³/mol. The molecule has 4 aromatic heterocycles. The Bertz CT molecular complexity index is 1340. The van der Waals surface area contributed by atoms with Gasteiger partial charge in [-0.3, -0.25) is 10.1 Å². The lowest BCUT2D eigenvalue weighted by Crippen LogP contribution is -2.19. The van der Waals surface area contributed by atoms with Crippen LogP contribution in [0.2, 0.25) is 0 Å². The fourth-order valence-corrected chi connectivity index (χ4v) is 4.58. The Morgan fingerprint density at radius 1 is 0.938 bits per heavy atom. The molecule has 6 rings (SSSR count). The van der Waals surface area contributed by atoms with E-state index in [2.05, 4.69) is 38.4 Å². The Balaban J connectivity index is 1.29. The molecule has 0 atom stereocenters. The van der Waals surface area contributed by atoms with Crippen molar-refractivity contribution in [2.45, 2.75) is 38.2 Å². The van der Waals surface area contributed by atoms with Crippen LogP contribution < -0.4 is 4.74 Å². The zero-order valence-electron chi connectivity index (χ0n) is 17.7. The van der Waals surface area contributed by atoms with Crippen molar-refractivity contribution in [1.82, 2.24) is 20.2 Å². The molecule has 4 heterocycles. The van der Waals surface area contributed by atoms with Gasteiger partial charge in [0.15, 0.2) is 0 Å². The first kappa shape index (κ1) is 18.9. The van der Waals surface area contributed by atoms with Crippen molar-refractivity contribution in [3.63, 3.8) is 0 Å².